The average Bonchev–Trinajstić information content (AvgIpc) is 3.59. The number of hydrogen-bond acceptors (Lipinski definition) is 6. The van der Waals surface area contributed by atoms with E-state index in [9.17, 15) is 19.7 Å². The van der Waals surface area contributed by atoms with Gasteiger partial charge in [-0.15, -0.1) is 0 Å². The molecular weight excluding hydrogens is 398 g/mol. The summed E-state index contributed by atoms with van der Waals surface area (Å²) in [6, 6.07) is 9.91. The molecule has 2 aromatic rings. The highest BCUT2D eigenvalue weighted by atomic mass is 16.6. The van der Waals surface area contributed by atoms with Gasteiger partial charge in [0.2, 0.25) is 0 Å². The number of nitro benzene ring substituents is 1. The highest BCUT2D eigenvalue weighted by molar-refractivity contribution is 6.08. The maximum absolute atomic E-state index is 13.0. The van der Waals surface area contributed by atoms with Crippen molar-refractivity contribution in [3.8, 4) is 0 Å². The van der Waals surface area contributed by atoms with Crippen LogP contribution in [0.5, 0.6) is 0 Å². The summed E-state index contributed by atoms with van der Waals surface area (Å²) in [5.74, 6) is -0.767. The Balaban J connectivity index is 1.59. The fraction of sp³-hybridized carbons (Fsp3) is 0.364. The Kier molecular flexibility index (Phi) is 5.85. The lowest BCUT2D eigenvalue weighted by Gasteiger charge is -2.29. The quantitative estimate of drug-likeness (QED) is 0.485. The molecule has 2 amide bonds. The van der Waals surface area contributed by atoms with E-state index in [1.807, 2.05) is 6.92 Å². The Labute approximate surface area is 180 Å². The van der Waals surface area contributed by atoms with E-state index < -0.39 is 10.8 Å². The van der Waals surface area contributed by atoms with Crippen LogP contribution in [0.25, 0.3) is 0 Å². The van der Waals surface area contributed by atoms with Crippen molar-refractivity contribution in [3.05, 3.63) is 63.2 Å². The monoisotopic (exact) mass is 423 g/mol. The highest BCUT2D eigenvalue weighted by Crippen LogP contribution is 2.27. The SMILES string of the molecule is Cc1ccc(C(=O)NC2CC2)cc1NC(=O)c1cc(N2CCNCC2)ccc1[N+](=O)[O-]. The minimum Gasteiger partial charge on any atom is -0.369 e. The molecule has 1 saturated heterocycles. The van der Waals surface area contributed by atoms with E-state index in [1.54, 1.807) is 30.3 Å². The standard InChI is InChI=1S/C22H25N5O4/c1-14-2-3-15(21(28)24-16-4-5-16)12-19(14)25-22(29)18-13-17(6-7-20(18)27(30)31)26-10-8-23-9-11-26/h2-3,6-7,12-13,16,23H,4-5,8-11H2,1H3,(H,24,28)(H,25,29). The number of hydrogen-bond donors (Lipinski definition) is 3. The molecule has 1 aliphatic heterocycles. The molecule has 0 aromatic heterocycles. The molecule has 0 atom stereocenters. The first-order valence-electron chi connectivity index (χ1n) is 10.4. The Bertz CT molecular complexity index is 1030. The molecule has 0 unspecified atom stereocenters. The van der Waals surface area contributed by atoms with Crippen LogP contribution in [0.2, 0.25) is 0 Å². The zero-order chi connectivity index (χ0) is 22.0. The van der Waals surface area contributed by atoms with Gasteiger partial charge in [-0.05, 0) is 49.6 Å². The Morgan fingerprint density at radius 1 is 1.10 bits per heavy atom. The zero-order valence-corrected chi connectivity index (χ0v) is 17.3. The van der Waals surface area contributed by atoms with Gasteiger partial charge in [0.15, 0.2) is 0 Å². The lowest BCUT2D eigenvalue weighted by atomic mass is 10.1. The Hall–Kier alpha value is -3.46. The number of carbonyl (C=O) groups is 2. The fourth-order valence-corrected chi connectivity index (χ4v) is 3.57. The summed E-state index contributed by atoms with van der Waals surface area (Å²) in [6.07, 6.45) is 1.96. The van der Waals surface area contributed by atoms with Gasteiger partial charge in [0, 0.05) is 55.2 Å². The average molecular weight is 423 g/mol. The van der Waals surface area contributed by atoms with Crippen molar-refractivity contribution in [2.75, 3.05) is 36.4 Å². The van der Waals surface area contributed by atoms with Crippen LogP contribution in [0.1, 0.15) is 39.1 Å². The number of rotatable bonds is 6. The van der Waals surface area contributed by atoms with E-state index in [0.29, 0.717) is 11.3 Å². The smallest absolute Gasteiger partial charge is 0.282 e. The molecule has 0 bridgehead atoms. The molecule has 3 N–H and O–H groups in total. The molecule has 4 rings (SSSR count). The number of nitrogens with one attached hydrogen (secondary N) is 3. The lowest BCUT2D eigenvalue weighted by molar-refractivity contribution is -0.385. The van der Waals surface area contributed by atoms with Crippen molar-refractivity contribution in [3.63, 3.8) is 0 Å². The number of aryl methyl sites for hydroxylation is 1. The van der Waals surface area contributed by atoms with E-state index >= 15 is 0 Å². The van der Waals surface area contributed by atoms with E-state index in [4.69, 9.17) is 0 Å². The number of amides is 2. The molecule has 1 heterocycles. The van der Waals surface area contributed by atoms with Crippen LogP contribution in [0.4, 0.5) is 17.1 Å². The number of nitrogens with zero attached hydrogens (tertiary/aromatic N) is 2. The number of carbonyl (C=O) groups excluding carboxylic acids is 2. The first-order chi connectivity index (χ1) is 14.9. The molecule has 9 nitrogen and oxygen atoms in total. The number of benzene rings is 2. The summed E-state index contributed by atoms with van der Waals surface area (Å²) in [7, 11) is 0. The summed E-state index contributed by atoms with van der Waals surface area (Å²) in [4.78, 5) is 38.5. The summed E-state index contributed by atoms with van der Waals surface area (Å²) < 4.78 is 0. The van der Waals surface area contributed by atoms with Gasteiger partial charge in [-0.1, -0.05) is 6.07 Å². The summed E-state index contributed by atoms with van der Waals surface area (Å²) >= 11 is 0. The van der Waals surface area contributed by atoms with Crippen LogP contribution in [0.3, 0.4) is 0 Å². The molecule has 1 saturated carbocycles. The van der Waals surface area contributed by atoms with Gasteiger partial charge in [0.05, 0.1) is 4.92 Å². The third-order valence-electron chi connectivity index (χ3n) is 5.56. The molecule has 0 spiro atoms. The first-order valence-corrected chi connectivity index (χ1v) is 10.4. The maximum atomic E-state index is 13.0. The largest absolute Gasteiger partial charge is 0.369 e. The first kappa shape index (κ1) is 20.8. The third kappa shape index (κ3) is 4.83. The van der Waals surface area contributed by atoms with E-state index in [1.165, 1.54) is 6.07 Å². The van der Waals surface area contributed by atoms with E-state index in [-0.39, 0.29) is 23.2 Å². The van der Waals surface area contributed by atoms with Gasteiger partial charge >= 0.3 is 0 Å². The van der Waals surface area contributed by atoms with Crippen LogP contribution in [0.15, 0.2) is 36.4 Å². The molecule has 1 aliphatic carbocycles. The maximum Gasteiger partial charge on any atom is 0.282 e. The van der Waals surface area contributed by atoms with E-state index in [0.717, 1.165) is 50.3 Å². The Morgan fingerprint density at radius 3 is 2.52 bits per heavy atom. The second-order valence-corrected chi connectivity index (χ2v) is 7.93. The molecule has 0 radical (unpaired) electrons. The van der Waals surface area contributed by atoms with Crippen molar-refractivity contribution in [2.24, 2.45) is 0 Å². The molecule has 2 aliphatic rings. The lowest BCUT2D eigenvalue weighted by Crippen LogP contribution is -2.43. The highest BCUT2D eigenvalue weighted by Gasteiger charge is 2.25. The van der Waals surface area contributed by atoms with Crippen molar-refractivity contribution in [1.29, 1.82) is 0 Å². The number of nitro groups is 1. The normalized spacial score (nSPS) is 16.0. The summed E-state index contributed by atoms with van der Waals surface area (Å²) in [5.41, 5.74) is 2.17. The van der Waals surface area contributed by atoms with Crippen molar-refractivity contribution >= 4 is 28.9 Å². The minimum absolute atomic E-state index is 0.00623. The number of anilines is 2. The summed E-state index contributed by atoms with van der Waals surface area (Å²) in [5, 5.41) is 20.5. The topological polar surface area (TPSA) is 117 Å². The summed E-state index contributed by atoms with van der Waals surface area (Å²) in [6.45, 7) is 4.96. The molecule has 31 heavy (non-hydrogen) atoms. The number of piperazine rings is 1. The van der Waals surface area contributed by atoms with Crippen LogP contribution in [-0.2, 0) is 0 Å². The van der Waals surface area contributed by atoms with Crippen LogP contribution in [-0.4, -0.2) is 49.0 Å². The molecule has 162 valence electrons. The second kappa shape index (κ2) is 8.73. The van der Waals surface area contributed by atoms with E-state index in [2.05, 4.69) is 20.9 Å². The zero-order valence-electron chi connectivity index (χ0n) is 17.3. The van der Waals surface area contributed by atoms with Gasteiger partial charge in [0.25, 0.3) is 17.5 Å². The predicted molar refractivity (Wildman–Crippen MR) is 118 cm³/mol. The van der Waals surface area contributed by atoms with Gasteiger partial charge in [0.1, 0.15) is 5.56 Å². The molecule has 9 heteroatoms. The third-order valence-corrected chi connectivity index (χ3v) is 5.56. The van der Waals surface area contributed by atoms with Crippen molar-refractivity contribution in [1.82, 2.24) is 10.6 Å². The van der Waals surface area contributed by atoms with Crippen LogP contribution in [0, 0.1) is 17.0 Å². The minimum atomic E-state index is -0.577. The van der Waals surface area contributed by atoms with Crippen molar-refractivity contribution in [2.45, 2.75) is 25.8 Å². The van der Waals surface area contributed by atoms with Gasteiger partial charge in [-0.3, -0.25) is 19.7 Å². The van der Waals surface area contributed by atoms with Crippen LogP contribution < -0.4 is 20.9 Å². The van der Waals surface area contributed by atoms with Gasteiger partial charge in [-0.2, -0.15) is 0 Å². The van der Waals surface area contributed by atoms with Crippen molar-refractivity contribution < 1.29 is 14.5 Å². The van der Waals surface area contributed by atoms with Crippen LogP contribution >= 0.6 is 0 Å². The fourth-order valence-electron chi connectivity index (χ4n) is 3.57. The van der Waals surface area contributed by atoms with Gasteiger partial charge in [-0.25, -0.2) is 0 Å². The molecule has 2 aromatic carbocycles. The Morgan fingerprint density at radius 2 is 1.84 bits per heavy atom. The predicted octanol–water partition coefficient (Wildman–Crippen LogP) is 2.46. The van der Waals surface area contributed by atoms with Gasteiger partial charge < -0.3 is 20.9 Å². The molecule has 2 fully saturated rings. The molecular formula is C22H25N5O4. The second-order valence-electron chi connectivity index (χ2n) is 7.93.